The average molecular weight is 387 g/mol. The van der Waals surface area contributed by atoms with E-state index in [0.29, 0.717) is 18.7 Å². The number of halogens is 2. The molecule has 1 aromatic rings. The largest absolute Gasteiger partial charge is 0.444 e. The molecular formula is C16H20BrFN2O3. The molecule has 2 amide bonds. The van der Waals surface area contributed by atoms with E-state index in [1.54, 1.807) is 32.9 Å². The maximum absolute atomic E-state index is 13.6. The molecule has 0 unspecified atom stereocenters. The third kappa shape index (κ3) is 5.20. The molecule has 1 aliphatic rings. The van der Waals surface area contributed by atoms with Gasteiger partial charge in [0.2, 0.25) is 5.91 Å². The summed E-state index contributed by atoms with van der Waals surface area (Å²) in [5.74, 6) is -0.678. The summed E-state index contributed by atoms with van der Waals surface area (Å²) in [4.78, 5) is 25.3. The van der Waals surface area contributed by atoms with Gasteiger partial charge >= 0.3 is 6.09 Å². The Kier molecular flexibility index (Phi) is 5.29. The molecule has 23 heavy (non-hydrogen) atoms. The van der Waals surface area contributed by atoms with Gasteiger partial charge in [-0.3, -0.25) is 4.79 Å². The quantitative estimate of drug-likeness (QED) is 0.868. The summed E-state index contributed by atoms with van der Waals surface area (Å²) in [6.07, 6.45) is -0.421. The van der Waals surface area contributed by atoms with E-state index in [-0.39, 0.29) is 24.5 Å². The first-order valence-corrected chi connectivity index (χ1v) is 8.14. The van der Waals surface area contributed by atoms with Gasteiger partial charge in [-0.05, 0) is 44.5 Å². The number of carbonyl (C=O) groups is 2. The Morgan fingerprint density at radius 2 is 2.04 bits per heavy atom. The van der Waals surface area contributed by atoms with Crippen molar-refractivity contribution in [2.24, 2.45) is 0 Å². The molecule has 0 saturated carbocycles. The number of nitrogens with zero attached hydrogens (tertiary/aromatic N) is 1. The van der Waals surface area contributed by atoms with Gasteiger partial charge in [-0.2, -0.15) is 0 Å². The van der Waals surface area contributed by atoms with E-state index in [1.807, 2.05) is 0 Å². The van der Waals surface area contributed by atoms with Crippen LogP contribution in [0.1, 0.15) is 26.3 Å². The molecule has 0 aromatic heterocycles. The number of rotatable bonds is 3. The van der Waals surface area contributed by atoms with Crippen molar-refractivity contribution in [2.45, 2.75) is 38.8 Å². The standard InChI is InChI=1S/C16H20BrFN2O3/c1-16(2,3)23-15(22)20-8-12(9-20)19-14(21)7-10-6-11(17)4-5-13(10)18/h4-6,12H,7-9H2,1-3H3,(H,19,21). The number of ether oxygens (including phenoxy) is 1. The fraction of sp³-hybridized carbons (Fsp3) is 0.500. The second-order valence-corrected chi connectivity index (χ2v) is 7.48. The van der Waals surface area contributed by atoms with E-state index in [4.69, 9.17) is 4.74 Å². The number of benzene rings is 1. The van der Waals surface area contributed by atoms with Crippen LogP contribution >= 0.6 is 15.9 Å². The third-order valence-electron chi connectivity index (χ3n) is 3.26. The van der Waals surface area contributed by atoms with Crippen molar-refractivity contribution in [3.63, 3.8) is 0 Å². The Bertz CT molecular complexity index is 610. The van der Waals surface area contributed by atoms with Crippen LogP contribution in [0.3, 0.4) is 0 Å². The molecule has 0 atom stereocenters. The molecule has 0 bridgehead atoms. The van der Waals surface area contributed by atoms with Gasteiger partial charge in [-0.15, -0.1) is 0 Å². The number of likely N-dealkylation sites (tertiary alicyclic amines) is 1. The number of hydrogen-bond acceptors (Lipinski definition) is 3. The van der Waals surface area contributed by atoms with Crippen molar-refractivity contribution in [1.82, 2.24) is 10.2 Å². The van der Waals surface area contributed by atoms with E-state index in [1.165, 1.54) is 11.0 Å². The van der Waals surface area contributed by atoms with Gasteiger partial charge in [0.15, 0.2) is 0 Å². The van der Waals surface area contributed by atoms with Crippen molar-refractivity contribution < 1.29 is 18.7 Å². The Morgan fingerprint density at radius 1 is 1.39 bits per heavy atom. The minimum absolute atomic E-state index is 0.0335. The third-order valence-corrected chi connectivity index (χ3v) is 3.75. The number of carbonyl (C=O) groups excluding carboxylic acids is 2. The van der Waals surface area contributed by atoms with Crippen LogP contribution in [-0.2, 0) is 16.0 Å². The average Bonchev–Trinajstić information content (AvgIpc) is 2.35. The summed E-state index contributed by atoms with van der Waals surface area (Å²) in [6, 6.07) is 4.37. The first-order chi connectivity index (χ1) is 10.6. The van der Waals surface area contributed by atoms with Gasteiger partial charge in [0.25, 0.3) is 0 Å². The van der Waals surface area contributed by atoms with Gasteiger partial charge in [-0.1, -0.05) is 15.9 Å². The van der Waals surface area contributed by atoms with Crippen molar-refractivity contribution in [3.05, 3.63) is 34.1 Å². The van der Waals surface area contributed by atoms with Crippen molar-refractivity contribution in [1.29, 1.82) is 0 Å². The minimum atomic E-state index is -0.538. The first-order valence-electron chi connectivity index (χ1n) is 7.35. The number of nitrogens with one attached hydrogen (secondary N) is 1. The molecule has 1 aliphatic heterocycles. The van der Waals surface area contributed by atoms with Crippen LogP contribution in [0.25, 0.3) is 0 Å². The zero-order valence-corrected chi connectivity index (χ0v) is 14.9. The van der Waals surface area contributed by atoms with Gasteiger partial charge in [-0.25, -0.2) is 9.18 Å². The Morgan fingerprint density at radius 3 is 2.65 bits per heavy atom. The zero-order chi connectivity index (χ0) is 17.2. The summed E-state index contributed by atoms with van der Waals surface area (Å²) < 4.78 is 19.6. The van der Waals surface area contributed by atoms with E-state index in [9.17, 15) is 14.0 Å². The van der Waals surface area contributed by atoms with Crippen molar-refractivity contribution in [2.75, 3.05) is 13.1 Å². The molecule has 0 aliphatic carbocycles. The first kappa shape index (κ1) is 17.7. The van der Waals surface area contributed by atoms with Crippen molar-refractivity contribution in [3.8, 4) is 0 Å². The summed E-state index contributed by atoms with van der Waals surface area (Å²) in [6.45, 7) is 6.21. The van der Waals surface area contributed by atoms with E-state index < -0.39 is 11.4 Å². The summed E-state index contributed by atoms with van der Waals surface area (Å²) in [7, 11) is 0. The predicted molar refractivity (Wildman–Crippen MR) is 87.5 cm³/mol. The lowest BCUT2D eigenvalue weighted by Crippen LogP contribution is -2.61. The maximum Gasteiger partial charge on any atom is 0.410 e. The Balaban J connectivity index is 1.78. The van der Waals surface area contributed by atoms with Crippen LogP contribution in [0.15, 0.2) is 22.7 Å². The molecule has 1 heterocycles. The second-order valence-electron chi connectivity index (χ2n) is 6.56. The van der Waals surface area contributed by atoms with Crippen LogP contribution in [0, 0.1) is 5.82 Å². The minimum Gasteiger partial charge on any atom is -0.444 e. The monoisotopic (exact) mass is 386 g/mol. The van der Waals surface area contributed by atoms with Gasteiger partial charge in [0, 0.05) is 17.6 Å². The van der Waals surface area contributed by atoms with Crippen LogP contribution in [-0.4, -0.2) is 41.6 Å². The highest BCUT2D eigenvalue weighted by molar-refractivity contribution is 9.10. The molecule has 1 aromatic carbocycles. The molecule has 2 rings (SSSR count). The molecule has 126 valence electrons. The summed E-state index contributed by atoms with van der Waals surface area (Å²) >= 11 is 3.25. The zero-order valence-electron chi connectivity index (χ0n) is 13.4. The molecule has 0 spiro atoms. The molecular weight excluding hydrogens is 367 g/mol. The van der Waals surface area contributed by atoms with E-state index >= 15 is 0 Å². The lowest BCUT2D eigenvalue weighted by atomic mass is 10.1. The van der Waals surface area contributed by atoms with Crippen LogP contribution in [0.4, 0.5) is 9.18 Å². The smallest absolute Gasteiger partial charge is 0.410 e. The van der Waals surface area contributed by atoms with Crippen LogP contribution in [0.5, 0.6) is 0 Å². The van der Waals surface area contributed by atoms with Gasteiger partial charge in [0.1, 0.15) is 11.4 Å². The molecule has 7 heteroatoms. The Labute approximate surface area is 143 Å². The fourth-order valence-electron chi connectivity index (χ4n) is 2.18. The SMILES string of the molecule is CC(C)(C)OC(=O)N1CC(NC(=O)Cc2cc(Br)ccc2F)C1. The van der Waals surface area contributed by atoms with E-state index in [2.05, 4.69) is 21.2 Å². The highest BCUT2D eigenvalue weighted by Gasteiger charge is 2.34. The maximum atomic E-state index is 13.6. The molecule has 1 N–H and O–H groups in total. The van der Waals surface area contributed by atoms with Gasteiger partial charge in [0.05, 0.1) is 12.5 Å². The highest BCUT2D eigenvalue weighted by atomic mass is 79.9. The van der Waals surface area contributed by atoms with E-state index in [0.717, 1.165) is 4.47 Å². The fourth-order valence-corrected chi connectivity index (χ4v) is 2.58. The highest BCUT2D eigenvalue weighted by Crippen LogP contribution is 2.17. The topological polar surface area (TPSA) is 58.6 Å². The van der Waals surface area contributed by atoms with Crippen LogP contribution in [0.2, 0.25) is 0 Å². The lowest BCUT2D eigenvalue weighted by Gasteiger charge is -2.40. The molecule has 5 nitrogen and oxygen atoms in total. The molecule has 1 saturated heterocycles. The summed E-state index contributed by atoms with van der Waals surface area (Å²) in [5.41, 5.74) is -0.205. The molecule has 1 fully saturated rings. The predicted octanol–water partition coefficient (Wildman–Crippen LogP) is 2.87. The van der Waals surface area contributed by atoms with Crippen molar-refractivity contribution >= 4 is 27.9 Å². The lowest BCUT2D eigenvalue weighted by molar-refractivity contribution is -0.122. The number of amides is 2. The Hall–Kier alpha value is -1.63. The molecule has 0 radical (unpaired) electrons. The van der Waals surface area contributed by atoms with Crippen LogP contribution < -0.4 is 5.32 Å². The number of hydrogen-bond donors (Lipinski definition) is 1. The van der Waals surface area contributed by atoms with Gasteiger partial charge < -0.3 is 15.0 Å². The second kappa shape index (κ2) is 6.86. The normalized spacial score (nSPS) is 15.1. The summed E-state index contributed by atoms with van der Waals surface area (Å²) in [5, 5.41) is 2.79.